The zero-order valence-corrected chi connectivity index (χ0v) is 12.5. The van der Waals surface area contributed by atoms with Crippen LogP contribution in [0.15, 0.2) is 0 Å². The van der Waals surface area contributed by atoms with Gasteiger partial charge in [0.25, 0.3) is 0 Å². The summed E-state index contributed by atoms with van der Waals surface area (Å²) < 4.78 is 0. The SMILES string of the molecule is CCC(CC1CC1)NC(=O)N1CCCC(C)(C(=O)O)C1. The number of carboxylic acid groups (broad SMARTS) is 1. The fourth-order valence-electron chi connectivity index (χ4n) is 2.94. The average molecular weight is 282 g/mol. The molecule has 0 bridgehead atoms. The Morgan fingerprint density at radius 3 is 2.70 bits per heavy atom. The monoisotopic (exact) mass is 282 g/mol. The first kappa shape index (κ1) is 15.1. The summed E-state index contributed by atoms with van der Waals surface area (Å²) >= 11 is 0. The molecule has 2 rings (SSSR count). The minimum Gasteiger partial charge on any atom is -0.481 e. The molecule has 1 saturated carbocycles. The van der Waals surface area contributed by atoms with Gasteiger partial charge >= 0.3 is 12.0 Å². The van der Waals surface area contributed by atoms with Crippen LogP contribution < -0.4 is 5.32 Å². The quantitative estimate of drug-likeness (QED) is 0.813. The number of piperidine rings is 1. The predicted octanol–water partition coefficient (Wildman–Crippen LogP) is 2.46. The maximum absolute atomic E-state index is 12.3. The largest absolute Gasteiger partial charge is 0.481 e. The second-order valence-corrected chi connectivity index (χ2v) is 6.62. The standard InChI is InChI=1S/C15H26N2O3/c1-3-12(9-11-5-6-11)16-14(20)17-8-4-7-15(2,10-17)13(18)19/h11-12H,3-10H2,1-2H3,(H,16,20)(H,18,19). The summed E-state index contributed by atoms with van der Waals surface area (Å²) in [6.07, 6.45) is 5.97. The third-order valence-corrected chi connectivity index (χ3v) is 4.64. The van der Waals surface area contributed by atoms with E-state index in [4.69, 9.17) is 0 Å². The second-order valence-electron chi connectivity index (χ2n) is 6.62. The topological polar surface area (TPSA) is 69.6 Å². The number of carboxylic acids is 1. The zero-order valence-electron chi connectivity index (χ0n) is 12.5. The molecular weight excluding hydrogens is 256 g/mol. The van der Waals surface area contributed by atoms with E-state index >= 15 is 0 Å². The van der Waals surface area contributed by atoms with Crippen LogP contribution in [0.5, 0.6) is 0 Å². The maximum Gasteiger partial charge on any atom is 0.317 e. The summed E-state index contributed by atoms with van der Waals surface area (Å²) in [5, 5.41) is 12.4. The van der Waals surface area contributed by atoms with E-state index < -0.39 is 11.4 Å². The number of carbonyl (C=O) groups is 2. The van der Waals surface area contributed by atoms with Crippen molar-refractivity contribution < 1.29 is 14.7 Å². The minimum absolute atomic E-state index is 0.0929. The van der Waals surface area contributed by atoms with Gasteiger partial charge in [0, 0.05) is 19.1 Å². The lowest BCUT2D eigenvalue weighted by molar-refractivity contribution is -0.150. The average Bonchev–Trinajstić information content (AvgIpc) is 3.21. The van der Waals surface area contributed by atoms with E-state index in [2.05, 4.69) is 12.2 Å². The van der Waals surface area contributed by atoms with E-state index in [-0.39, 0.29) is 12.1 Å². The van der Waals surface area contributed by atoms with Crippen molar-refractivity contribution in [2.75, 3.05) is 13.1 Å². The molecule has 0 radical (unpaired) electrons. The molecule has 0 aromatic rings. The van der Waals surface area contributed by atoms with Gasteiger partial charge in [0.1, 0.15) is 0 Å². The smallest absolute Gasteiger partial charge is 0.317 e. The van der Waals surface area contributed by atoms with Crippen LogP contribution in [0.2, 0.25) is 0 Å². The summed E-state index contributed by atoms with van der Waals surface area (Å²) in [5.74, 6) is -0.0223. The lowest BCUT2D eigenvalue weighted by Gasteiger charge is -2.38. The normalized spacial score (nSPS) is 28.0. The number of hydrogen-bond acceptors (Lipinski definition) is 2. The van der Waals surface area contributed by atoms with Gasteiger partial charge in [-0.25, -0.2) is 4.79 Å². The van der Waals surface area contributed by atoms with Crippen molar-refractivity contribution in [3.63, 3.8) is 0 Å². The van der Waals surface area contributed by atoms with Gasteiger partial charge in [-0.05, 0) is 38.5 Å². The van der Waals surface area contributed by atoms with E-state index in [1.54, 1.807) is 11.8 Å². The predicted molar refractivity (Wildman–Crippen MR) is 76.5 cm³/mol. The number of amides is 2. The van der Waals surface area contributed by atoms with Gasteiger partial charge < -0.3 is 15.3 Å². The molecule has 2 atom stereocenters. The Balaban J connectivity index is 1.88. The molecule has 1 heterocycles. The molecule has 0 aromatic heterocycles. The summed E-state index contributed by atoms with van der Waals surface area (Å²) in [6, 6.07) is 0.137. The van der Waals surface area contributed by atoms with Crippen molar-refractivity contribution in [2.24, 2.45) is 11.3 Å². The Bertz CT molecular complexity index is 381. The van der Waals surface area contributed by atoms with Gasteiger partial charge in [0.05, 0.1) is 5.41 Å². The Morgan fingerprint density at radius 1 is 1.45 bits per heavy atom. The Hall–Kier alpha value is -1.26. The molecule has 1 aliphatic carbocycles. The van der Waals surface area contributed by atoms with Crippen LogP contribution in [-0.4, -0.2) is 41.1 Å². The van der Waals surface area contributed by atoms with E-state index in [0.29, 0.717) is 19.5 Å². The van der Waals surface area contributed by atoms with E-state index in [0.717, 1.165) is 25.2 Å². The first-order valence-corrected chi connectivity index (χ1v) is 7.73. The highest BCUT2D eigenvalue weighted by atomic mass is 16.4. The second kappa shape index (κ2) is 6.02. The van der Waals surface area contributed by atoms with Crippen LogP contribution in [0.25, 0.3) is 0 Å². The highest BCUT2D eigenvalue weighted by Crippen LogP contribution is 2.34. The van der Waals surface area contributed by atoms with Gasteiger partial charge in [0.15, 0.2) is 0 Å². The number of nitrogens with one attached hydrogen (secondary N) is 1. The van der Waals surface area contributed by atoms with Crippen LogP contribution >= 0.6 is 0 Å². The van der Waals surface area contributed by atoms with Crippen molar-refractivity contribution in [1.82, 2.24) is 10.2 Å². The molecular formula is C15H26N2O3. The molecule has 5 heteroatoms. The van der Waals surface area contributed by atoms with Gasteiger partial charge in [0.2, 0.25) is 0 Å². The van der Waals surface area contributed by atoms with Crippen molar-refractivity contribution in [1.29, 1.82) is 0 Å². The molecule has 2 N–H and O–H groups in total. The van der Waals surface area contributed by atoms with Crippen molar-refractivity contribution in [3.8, 4) is 0 Å². The highest BCUT2D eigenvalue weighted by Gasteiger charge is 2.39. The summed E-state index contributed by atoms with van der Waals surface area (Å²) in [7, 11) is 0. The third kappa shape index (κ3) is 3.64. The van der Waals surface area contributed by atoms with Crippen molar-refractivity contribution in [3.05, 3.63) is 0 Å². The van der Waals surface area contributed by atoms with Crippen LogP contribution in [0.4, 0.5) is 4.79 Å². The number of nitrogens with zero attached hydrogens (tertiary/aromatic N) is 1. The van der Waals surface area contributed by atoms with Crippen LogP contribution in [0.1, 0.15) is 52.4 Å². The molecule has 0 aromatic carbocycles. The summed E-state index contributed by atoms with van der Waals surface area (Å²) in [4.78, 5) is 25.3. The van der Waals surface area contributed by atoms with Gasteiger partial charge in [-0.15, -0.1) is 0 Å². The van der Waals surface area contributed by atoms with Gasteiger partial charge in [-0.3, -0.25) is 4.79 Å². The van der Waals surface area contributed by atoms with E-state index in [1.807, 2.05) is 0 Å². The molecule has 2 amide bonds. The lowest BCUT2D eigenvalue weighted by Crippen LogP contribution is -2.53. The molecule has 114 valence electrons. The van der Waals surface area contributed by atoms with Crippen LogP contribution in [-0.2, 0) is 4.79 Å². The van der Waals surface area contributed by atoms with E-state index in [1.165, 1.54) is 12.8 Å². The van der Waals surface area contributed by atoms with Gasteiger partial charge in [-0.1, -0.05) is 19.8 Å². The van der Waals surface area contributed by atoms with Crippen LogP contribution in [0, 0.1) is 11.3 Å². The molecule has 20 heavy (non-hydrogen) atoms. The lowest BCUT2D eigenvalue weighted by atomic mass is 9.82. The molecule has 5 nitrogen and oxygen atoms in total. The Kier molecular flexibility index (Phi) is 4.55. The zero-order chi connectivity index (χ0) is 14.8. The first-order valence-electron chi connectivity index (χ1n) is 7.73. The molecule has 2 unspecified atom stereocenters. The number of hydrogen-bond donors (Lipinski definition) is 2. The highest BCUT2D eigenvalue weighted by molar-refractivity contribution is 5.78. The summed E-state index contributed by atoms with van der Waals surface area (Å²) in [5.41, 5.74) is -0.798. The van der Waals surface area contributed by atoms with Crippen molar-refractivity contribution in [2.45, 2.75) is 58.4 Å². The van der Waals surface area contributed by atoms with Crippen LogP contribution in [0.3, 0.4) is 0 Å². The van der Waals surface area contributed by atoms with Gasteiger partial charge in [-0.2, -0.15) is 0 Å². The number of aliphatic carboxylic acids is 1. The maximum atomic E-state index is 12.3. The third-order valence-electron chi connectivity index (χ3n) is 4.64. The molecule has 1 aliphatic heterocycles. The summed E-state index contributed by atoms with van der Waals surface area (Å²) in [6.45, 7) is 4.80. The molecule has 0 spiro atoms. The molecule has 1 saturated heterocycles. The number of urea groups is 1. The number of likely N-dealkylation sites (tertiary alicyclic amines) is 1. The fraction of sp³-hybridized carbons (Fsp3) is 0.867. The molecule has 2 aliphatic rings. The molecule has 2 fully saturated rings. The first-order chi connectivity index (χ1) is 9.44. The van der Waals surface area contributed by atoms with Crippen molar-refractivity contribution >= 4 is 12.0 Å². The van der Waals surface area contributed by atoms with E-state index in [9.17, 15) is 14.7 Å². The number of carbonyl (C=O) groups excluding carboxylic acids is 1. The Morgan fingerprint density at radius 2 is 2.15 bits per heavy atom. The Labute approximate surface area is 120 Å². The fourth-order valence-corrected chi connectivity index (χ4v) is 2.94. The minimum atomic E-state index is -0.806. The number of rotatable bonds is 5.